The molecule has 130 valence electrons. The molecule has 0 spiro atoms. The molecule has 0 aliphatic rings. The van der Waals surface area contributed by atoms with Crippen molar-refractivity contribution >= 4 is 38.2 Å². The zero-order valence-corrected chi connectivity index (χ0v) is 14.2. The first-order chi connectivity index (χ1) is 11.8. The summed E-state index contributed by atoms with van der Waals surface area (Å²) in [7, 11) is -4.12. The first-order valence-corrected chi connectivity index (χ1v) is 8.80. The number of halogens is 1. The molecule has 8 nitrogen and oxygen atoms in total. The maximum Gasteiger partial charge on any atom is 0.289 e. The smallest absolute Gasteiger partial charge is 0.289 e. The number of aromatic nitrogens is 1. The van der Waals surface area contributed by atoms with E-state index in [0.29, 0.717) is 16.5 Å². The van der Waals surface area contributed by atoms with Gasteiger partial charge in [0, 0.05) is 24.2 Å². The molecule has 0 saturated carbocycles. The van der Waals surface area contributed by atoms with Crippen LogP contribution in [0, 0.1) is 10.1 Å². The van der Waals surface area contributed by atoms with Crippen LogP contribution in [0.2, 0.25) is 5.02 Å². The van der Waals surface area contributed by atoms with Gasteiger partial charge in [0.25, 0.3) is 15.7 Å². The summed E-state index contributed by atoms with van der Waals surface area (Å²) >= 11 is 5.74. The summed E-state index contributed by atoms with van der Waals surface area (Å²) in [4.78, 5) is 9.98. The number of benzene rings is 2. The molecular weight excluding hydrogens is 370 g/mol. The largest absolute Gasteiger partial charge is 0.508 e. The van der Waals surface area contributed by atoms with Crippen LogP contribution < -0.4 is 5.73 Å². The molecular formula is C15H12ClN3O5S. The second-order valence-electron chi connectivity index (χ2n) is 5.23. The number of phenols is 1. The minimum Gasteiger partial charge on any atom is -0.508 e. The van der Waals surface area contributed by atoms with E-state index in [1.54, 1.807) is 0 Å². The number of aromatic hydroxyl groups is 1. The fraction of sp³-hybridized carbons (Fsp3) is 0.0667. The molecule has 0 aliphatic heterocycles. The summed E-state index contributed by atoms with van der Waals surface area (Å²) in [5, 5.41) is 21.0. The lowest BCUT2D eigenvalue weighted by atomic mass is 10.2. The topological polar surface area (TPSA) is 128 Å². The summed E-state index contributed by atoms with van der Waals surface area (Å²) < 4.78 is 26.9. The van der Waals surface area contributed by atoms with Crippen LogP contribution in [0.1, 0.15) is 5.56 Å². The molecule has 0 aliphatic carbocycles. The van der Waals surface area contributed by atoms with Crippen LogP contribution in [-0.4, -0.2) is 22.4 Å². The molecule has 25 heavy (non-hydrogen) atoms. The number of nitrogens with zero attached hydrogens (tertiary/aromatic N) is 2. The molecule has 3 aromatic rings. The molecule has 10 heteroatoms. The van der Waals surface area contributed by atoms with Gasteiger partial charge < -0.3 is 10.8 Å². The van der Waals surface area contributed by atoms with Crippen molar-refractivity contribution in [2.75, 3.05) is 0 Å². The molecule has 0 atom stereocenters. The highest BCUT2D eigenvalue weighted by atomic mass is 35.5. The van der Waals surface area contributed by atoms with E-state index in [9.17, 15) is 23.6 Å². The van der Waals surface area contributed by atoms with Crippen LogP contribution in [0.3, 0.4) is 0 Å². The lowest BCUT2D eigenvalue weighted by molar-refractivity contribution is -0.384. The van der Waals surface area contributed by atoms with Crippen LogP contribution in [0.5, 0.6) is 5.75 Å². The van der Waals surface area contributed by atoms with Crippen molar-refractivity contribution in [3.05, 3.63) is 63.3 Å². The van der Waals surface area contributed by atoms with E-state index in [-0.39, 0.29) is 22.2 Å². The number of hydrogen-bond acceptors (Lipinski definition) is 6. The lowest BCUT2D eigenvalue weighted by Crippen LogP contribution is -2.12. The Morgan fingerprint density at radius 1 is 1.24 bits per heavy atom. The van der Waals surface area contributed by atoms with Gasteiger partial charge in [-0.2, -0.15) is 0 Å². The molecule has 0 fully saturated rings. The average Bonchev–Trinajstić information content (AvgIpc) is 2.93. The first kappa shape index (κ1) is 17.2. The predicted octanol–water partition coefficient (Wildman–Crippen LogP) is 2.60. The fourth-order valence-electron chi connectivity index (χ4n) is 2.52. The zero-order chi connectivity index (χ0) is 18.4. The molecule has 1 aromatic heterocycles. The van der Waals surface area contributed by atoms with E-state index >= 15 is 0 Å². The first-order valence-electron chi connectivity index (χ1n) is 6.98. The van der Waals surface area contributed by atoms with Crippen LogP contribution in [0.25, 0.3) is 10.9 Å². The highest BCUT2D eigenvalue weighted by Crippen LogP contribution is 2.31. The number of fused-ring (bicyclic) bond motifs is 1. The van der Waals surface area contributed by atoms with Gasteiger partial charge in [-0.05, 0) is 35.9 Å². The summed E-state index contributed by atoms with van der Waals surface area (Å²) in [5.74, 6) is -0.0283. The van der Waals surface area contributed by atoms with E-state index in [2.05, 4.69) is 0 Å². The Labute approximate surface area is 147 Å². The van der Waals surface area contributed by atoms with Crippen LogP contribution >= 0.6 is 11.6 Å². The quantitative estimate of drug-likeness (QED) is 0.528. The zero-order valence-electron chi connectivity index (χ0n) is 12.6. The molecule has 0 saturated heterocycles. The third-order valence-corrected chi connectivity index (χ3v) is 5.72. The van der Waals surface area contributed by atoms with Crippen LogP contribution in [-0.2, 0) is 16.6 Å². The van der Waals surface area contributed by atoms with Crippen molar-refractivity contribution in [3.8, 4) is 5.75 Å². The lowest BCUT2D eigenvalue weighted by Gasteiger charge is -2.08. The Morgan fingerprint density at radius 3 is 2.60 bits per heavy atom. The van der Waals surface area contributed by atoms with E-state index in [1.807, 2.05) is 0 Å². The van der Waals surface area contributed by atoms with Crippen molar-refractivity contribution in [2.45, 2.75) is 11.4 Å². The summed E-state index contributed by atoms with van der Waals surface area (Å²) in [6.07, 6.45) is 1.33. The fourth-order valence-corrected chi connectivity index (χ4v) is 4.12. The Bertz CT molecular complexity index is 1110. The monoisotopic (exact) mass is 381 g/mol. The van der Waals surface area contributed by atoms with Gasteiger partial charge in [0.05, 0.1) is 15.3 Å². The molecule has 0 unspecified atom stereocenters. The van der Waals surface area contributed by atoms with Gasteiger partial charge >= 0.3 is 0 Å². The number of nitro benzene ring substituents is 1. The maximum atomic E-state index is 12.9. The van der Waals surface area contributed by atoms with Crippen molar-refractivity contribution in [2.24, 2.45) is 5.73 Å². The second kappa shape index (κ2) is 6.03. The summed E-state index contributed by atoms with van der Waals surface area (Å²) in [5.41, 5.74) is 5.96. The molecule has 0 amide bonds. The van der Waals surface area contributed by atoms with Gasteiger partial charge in [-0.25, -0.2) is 12.4 Å². The van der Waals surface area contributed by atoms with Crippen molar-refractivity contribution in [1.82, 2.24) is 3.97 Å². The van der Waals surface area contributed by atoms with Crippen molar-refractivity contribution in [3.63, 3.8) is 0 Å². The Hall–Kier alpha value is -2.62. The van der Waals surface area contributed by atoms with E-state index < -0.39 is 20.6 Å². The highest BCUT2D eigenvalue weighted by molar-refractivity contribution is 7.90. The highest BCUT2D eigenvalue weighted by Gasteiger charge is 2.24. The van der Waals surface area contributed by atoms with Crippen LogP contribution in [0.15, 0.2) is 47.5 Å². The summed E-state index contributed by atoms with van der Waals surface area (Å²) in [6.45, 7) is 0.0588. The van der Waals surface area contributed by atoms with E-state index in [1.165, 1.54) is 30.5 Å². The Kier molecular flexibility index (Phi) is 4.15. The van der Waals surface area contributed by atoms with Crippen molar-refractivity contribution in [1.29, 1.82) is 0 Å². The molecule has 0 bridgehead atoms. The number of phenolic OH excluding ortho intramolecular Hbond substituents is 1. The average molecular weight is 382 g/mol. The van der Waals surface area contributed by atoms with Gasteiger partial charge in [-0.1, -0.05) is 11.6 Å². The predicted molar refractivity (Wildman–Crippen MR) is 92.2 cm³/mol. The minimum absolute atomic E-state index is 0.0283. The third kappa shape index (κ3) is 2.82. The van der Waals surface area contributed by atoms with Gasteiger partial charge in [0.2, 0.25) is 0 Å². The maximum absolute atomic E-state index is 12.9. The standard InChI is InChI=1S/C15H12ClN3O5S/c16-13-3-2-11(6-15(13)19(21)22)25(23,24)18-8-9(7-17)12-5-10(20)1-4-14(12)18/h1-6,8,20H,7,17H2. The Balaban J connectivity index is 2.27. The molecule has 2 aromatic carbocycles. The van der Waals surface area contributed by atoms with Gasteiger partial charge in [-0.3, -0.25) is 10.1 Å². The van der Waals surface area contributed by atoms with Gasteiger partial charge in [0.15, 0.2) is 0 Å². The molecule has 1 heterocycles. The number of nitrogens with two attached hydrogens (primary N) is 1. The van der Waals surface area contributed by atoms with E-state index in [0.717, 1.165) is 16.1 Å². The van der Waals surface area contributed by atoms with Crippen LogP contribution in [0.4, 0.5) is 5.69 Å². The van der Waals surface area contributed by atoms with Crippen molar-refractivity contribution < 1.29 is 18.4 Å². The molecule has 0 radical (unpaired) electrons. The normalized spacial score (nSPS) is 11.8. The number of rotatable bonds is 4. The number of hydrogen-bond donors (Lipinski definition) is 2. The third-order valence-electron chi connectivity index (χ3n) is 3.73. The van der Waals surface area contributed by atoms with Gasteiger partial charge in [-0.15, -0.1) is 0 Å². The molecule has 3 rings (SSSR count). The van der Waals surface area contributed by atoms with Gasteiger partial charge in [0.1, 0.15) is 10.8 Å². The minimum atomic E-state index is -4.12. The number of nitro groups is 1. The Morgan fingerprint density at radius 2 is 1.96 bits per heavy atom. The molecule has 3 N–H and O–H groups in total. The van der Waals surface area contributed by atoms with E-state index in [4.69, 9.17) is 17.3 Å². The second-order valence-corrected chi connectivity index (χ2v) is 7.45. The summed E-state index contributed by atoms with van der Waals surface area (Å²) in [6, 6.07) is 7.46. The SMILES string of the molecule is NCc1cn(S(=O)(=O)c2ccc(Cl)c([N+](=O)[O-])c2)c2ccc(O)cc12.